The Kier molecular flexibility index (Phi) is 9.72. The second-order valence-electron chi connectivity index (χ2n) is 8.57. The summed E-state index contributed by atoms with van der Waals surface area (Å²) in [6.45, 7) is 5.44. The fraction of sp³-hybridized carbons (Fsp3) is 0.286. The minimum absolute atomic E-state index is 0.0699. The molecule has 0 heterocycles. The highest BCUT2D eigenvalue weighted by Gasteiger charge is 2.32. The average molecular weight is 542 g/mol. The van der Waals surface area contributed by atoms with Gasteiger partial charge in [-0.2, -0.15) is 0 Å². The van der Waals surface area contributed by atoms with Gasteiger partial charge in [-0.1, -0.05) is 61.0 Å². The Bertz CT molecular complexity index is 1310. The standard InChI is InChI=1S/C28H32ClN3O4S/c1-4-22-14-16-25(17-15-22)32(37(35,36)26-12-7-6-8-13-26)20-27(33)31(21(3)28(34)30-5-2)19-23-10-9-11-24(29)18-23/h6-18,21H,4-5,19-20H2,1-3H3,(H,30,34)/t21-/m0/s1. The SMILES string of the molecule is CCNC(=O)[C@H](C)N(Cc1cccc(Cl)c1)C(=O)CN(c1ccc(CC)cc1)S(=O)(=O)c1ccccc1. The van der Waals surface area contributed by atoms with E-state index in [0.29, 0.717) is 17.3 Å². The van der Waals surface area contributed by atoms with Crippen molar-refractivity contribution in [1.29, 1.82) is 0 Å². The zero-order valence-electron chi connectivity index (χ0n) is 21.2. The molecule has 7 nitrogen and oxygen atoms in total. The molecule has 0 bridgehead atoms. The molecule has 0 saturated heterocycles. The maximum atomic E-state index is 13.8. The van der Waals surface area contributed by atoms with Crippen molar-refractivity contribution < 1.29 is 18.0 Å². The third-order valence-electron chi connectivity index (χ3n) is 6.00. The number of nitrogens with one attached hydrogen (secondary N) is 1. The monoisotopic (exact) mass is 541 g/mol. The first-order valence-electron chi connectivity index (χ1n) is 12.2. The number of hydrogen-bond acceptors (Lipinski definition) is 4. The molecule has 0 unspecified atom stereocenters. The van der Waals surface area contributed by atoms with Gasteiger partial charge in [-0.25, -0.2) is 8.42 Å². The third kappa shape index (κ3) is 7.11. The molecule has 3 aromatic rings. The molecule has 0 aliphatic heterocycles. The van der Waals surface area contributed by atoms with Crippen LogP contribution in [-0.2, 0) is 32.6 Å². The number of rotatable bonds is 11. The van der Waals surface area contributed by atoms with Crippen LogP contribution in [0, 0.1) is 0 Å². The summed E-state index contributed by atoms with van der Waals surface area (Å²) in [6.07, 6.45) is 0.794. The lowest BCUT2D eigenvalue weighted by Crippen LogP contribution is -2.51. The number of halogens is 1. The molecule has 37 heavy (non-hydrogen) atoms. The summed E-state index contributed by atoms with van der Waals surface area (Å²) in [7, 11) is -4.07. The first-order valence-corrected chi connectivity index (χ1v) is 14.0. The summed E-state index contributed by atoms with van der Waals surface area (Å²) >= 11 is 6.15. The van der Waals surface area contributed by atoms with Crippen LogP contribution in [0.4, 0.5) is 5.69 Å². The Morgan fingerprint density at radius 1 is 0.919 bits per heavy atom. The lowest BCUT2D eigenvalue weighted by Gasteiger charge is -2.32. The normalized spacial score (nSPS) is 12.0. The molecular formula is C28H32ClN3O4S. The van der Waals surface area contributed by atoms with Crippen LogP contribution in [0.3, 0.4) is 0 Å². The van der Waals surface area contributed by atoms with E-state index in [9.17, 15) is 18.0 Å². The van der Waals surface area contributed by atoms with Gasteiger partial charge < -0.3 is 10.2 Å². The van der Waals surface area contributed by atoms with Crippen LogP contribution in [0.2, 0.25) is 5.02 Å². The van der Waals surface area contributed by atoms with Crippen LogP contribution >= 0.6 is 11.6 Å². The summed E-state index contributed by atoms with van der Waals surface area (Å²) in [5.41, 5.74) is 2.13. The summed E-state index contributed by atoms with van der Waals surface area (Å²) in [6, 6.07) is 21.2. The maximum absolute atomic E-state index is 13.8. The van der Waals surface area contributed by atoms with E-state index in [4.69, 9.17) is 11.6 Å². The van der Waals surface area contributed by atoms with Crippen LogP contribution in [-0.4, -0.2) is 44.3 Å². The van der Waals surface area contributed by atoms with E-state index in [1.54, 1.807) is 68.4 Å². The quantitative estimate of drug-likeness (QED) is 0.383. The van der Waals surface area contributed by atoms with Crippen molar-refractivity contribution >= 4 is 39.1 Å². The van der Waals surface area contributed by atoms with Gasteiger partial charge in [0.15, 0.2) is 0 Å². The van der Waals surface area contributed by atoms with Gasteiger partial charge in [0.1, 0.15) is 12.6 Å². The Labute approximate surface area is 224 Å². The zero-order chi connectivity index (χ0) is 27.0. The first-order chi connectivity index (χ1) is 17.7. The van der Waals surface area contributed by atoms with E-state index in [2.05, 4.69) is 5.32 Å². The minimum Gasteiger partial charge on any atom is -0.355 e. The molecule has 0 spiro atoms. The van der Waals surface area contributed by atoms with Gasteiger partial charge in [-0.3, -0.25) is 13.9 Å². The van der Waals surface area contributed by atoms with Gasteiger partial charge in [0, 0.05) is 18.1 Å². The number of amides is 2. The van der Waals surface area contributed by atoms with Gasteiger partial charge in [0.05, 0.1) is 10.6 Å². The molecule has 1 atom stereocenters. The lowest BCUT2D eigenvalue weighted by atomic mass is 10.1. The molecule has 2 amide bonds. The fourth-order valence-corrected chi connectivity index (χ4v) is 5.53. The summed E-state index contributed by atoms with van der Waals surface area (Å²) < 4.78 is 28.5. The lowest BCUT2D eigenvalue weighted by molar-refractivity contribution is -0.139. The molecule has 0 saturated carbocycles. The van der Waals surface area contributed by atoms with Crippen LogP contribution in [0.25, 0.3) is 0 Å². The highest BCUT2D eigenvalue weighted by atomic mass is 35.5. The van der Waals surface area contributed by atoms with Crippen LogP contribution < -0.4 is 9.62 Å². The molecule has 3 aromatic carbocycles. The van der Waals surface area contributed by atoms with Crippen molar-refractivity contribution in [1.82, 2.24) is 10.2 Å². The predicted molar refractivity (Wildman–Crippen MR) is 147 cm³/mol. The fourth-order valence-electron chi connectivity index (χ4n) is 3.88. The maximum Gasteiger partial charge on any atom is 0.264 e. The number of benzene rings is 3. The molecule has 196 valence electrons. The zero-order valence-corrected chi connectivity index (χ0v) is 22.8. The second kappa shape index (κ2) is 12.7. The highest BCUT2D eigenvalue weighted by Crippen LogP contribution is 2.25. The molecule has 0 fully saturated rings. The Morgan fingerprint density at radius 3 is 2.19 bits per heavy atom. The van der Waals surface area contributed by atoms with E-state index in [0.717, 1.165) is 21.9 Å². The molecule has 0 aliphatic rings. The van der Waals surface area contributed by atoms with Crippen molar-refractivity contribution in [2.45, 2.75) is 44.7 Å². The molecule has 0 aromatic heterocycles. The van der Waals surface area contributed by atoms with E-state index in [1.165, 1.54) is 17.0 Å². The number of aryl methyl sites for hydroxylation is 1. The first kappa shape index (κ1) is 28.2. The van der Waals surface area contributed by atoms with Crippen molar-refractivity contribution in [3.05, 3.63) is 95.0 Å². The van der Waals surface area contributed by atoms with Gasteiger partial charge in [-0.05, 0) is 67.8 Å². The summed E-state index contributed by atoms with van der Waals surface area (Å²) in [4.78, 5) is 28.0. The van der Waals surface area contributed by atoms with Crippen LogP contribution in [0.1, 0.15) is 31.9 Å². The van der Waals surface area contributed by atoms with E-state index in [-0.39, 0.29) is 17.3 Å². The summed E-state index contributed by atoms with van der Waals surface area (Å²) in [5.74, 6) is -0.847. The van der Waals surface area contributed by atoms with E-state index in [1.807, 2.05) is 19.1 Å². The topological polar surface area (TPSA) is 86.8 Å². The molecule has 1 N–H and O–H groups in total. The Hall–Kier alpha value is -3.36. The van der Waals surface area contributed by atoms with Gasteiger partial charge in [0.25, 0.3) is 10.0 Å². The second-order valence-corrected chi connectivity index (χ2v) is 10.9. The molecule has 3 rings (SSSR count). The van der Waals surface area contributed by atoms with Crippen molar-refractivity contribution in [3.63, 3.8) is 0 Å². The number of carbonyl (C=O) groups excluding carboxylic acids is 2. The average Bonchev–Trinajstić information content (AvgIpc) is 2.90. The van der Waals surface area contributed by atoms with Crippen LogP contribution in [0.5, 0.6) is 0 Å². The number of hydrogen-bond donors (Lipinski definition) is 1. The van der Waals surface area contributed by atoms with Gasteiger partial charge in [0.2, 0.25) is 11.8 Å². The molecule has 9 heteroatoms. The minimum atomic E-state index is -4.07. The van der Waals surface area contributed by atoms with Gasteiger partial charge in [-0.15, -0.1) is 0 Å². The smallest absolute Gasteiger partial charge is 0.264 e. The number of sulfonamides is 1. The Balaban J connectivity index is 2.02. The number of nitrogens with zero attached hydrogens (tertiary/aromatic N) is 2. The predicted octanol–water partition coefficient (Wildman–Crippen LogP) is 4.65. The van der Waals surface area contributed by atoms with E-state index >= 15 is 0 Å². The number of carbonyl (C=O) groups is 2. The van der Waals surface area contributed by atoms with Crippen molar-refractivity contribution in [3.8, 4) is 0 Å². The molecule has 0 aliphatic carbocycles. The van der Waals surface area contributed by atoms with Crippen molar-refractivity contribution in [2.75, 3.05) is 17.4 Å². The van der Waals surface area contributed by atoms with Crippen LogP contribution in [0.15, 0.2) is 83.8 Å². The Morgan fingerprint density at radius 2 is 1.59 bits per heavy atom. The third-order valence-corrected chi connectivity index (χ3v) is 8.03. The number of likely N-dealkylation sites (N-methyl/N-ethyl adjacent to an activating group) is 1. The highest BCUT2D eigenvalue weighted by molar-refractivity contribution is 7.92. The molecular weight excluding hydrogens is 510 g/mol. The molecule has 0 radical (unpaired) electrons. The van der Waals surface area contributed by atoms with E-state index < -0.39 is 28.5 Å². The van der Waals surface area contributed by atoms with Gasteiger partial charge >= 0.3 is 0 Å². The largest absolute Gasteiger partial charge is 0.355 e. The number of anilines is 1. The summed E-state index contributed by atoms with van der Waals surface area (Å²) in [5, 5.41) is 3.24. The van der Waals surface area contributed by atoms with Crippen molar-refractivity contribution in [2.24, 2.45) is 0 Å².